The monoisotopic (exact) mass is 335 g/mol. The quantitative estimate of drug-likeness (QED) is 0.911. The fraction of sp³-hybridized carbons (Fsp3) is 0.471. The number of piperazine rings is 1. The number of hydrogen-bond donors (Lipinski definition) is 1. The van der Waals surface area contributed by atoms with Crippen molar-refractivity contribution in [2.45, 2.75) is 25.6 Å². The molecular weight excluding hydrogens is 313 g/mol. The van der Waals surface area contributed by atoms with Crippen molar-refractivity contribution in [3.8, 4) is 0 Å². The van der Waals surface area contributed by atoms with Gasteiger partial charge in [-0.05, 0) is 24.6 Å². The van der Waals surface area contributed by atoms with Crippen molar-refractivity contribution >= 4 is 11.3 Å². The van der Waals surface area contributed by atoms with Crippen molar-refractivity contribution in [3.05, 3.63) is 51.7 Å². The summed E-state index contributed by atoms with van der Waals surface area (Å²) in [5.41, 5.74) is 2.06. The number of aromatic nitrogens is 1. The van der Waals surface area contributed by atoms with Crippen LogP contribution >= 0.6 is 11.3 Å². The third kappa shape index (κ3) is 3.95. The lowest BCUT2D eigenvalue weighted by Crippen LogP contribution is -2.45. The number of nitrogens with one attached hydrogen (secondary N) is 1. The lowest BCUT2D eigenvalue weighted by atomic mass is 10.0. The van der Waals surface area contributed by atoms with Gasteiger partial charge >= 0.3 is 0 Å². The van der Waals surface area contributed by atoms with E-state index in [-0.39, 0.29) is 18.0 Å². The molecule has 1 aliphatic rings. The largest absolute Gasteiger partial charge is 0.375 e. The Balaban J connectivity index is 1.75. The van der Waals surface area contributed by atoms with Crippen LogP contribution in [0.2, 0.25) is 0 Å². The van der Waals surface area contributed by atoms with Crippen LogP contribution in [-0.4, -0.2) is 36.6 Å². The molecule has 1 aromatic heterocycles. The van der Waals surface area contributed by atoms with Gasteiger partial charge in [0.1, 0.15) is 16.9 Å². The normalized spacial score (nSPS) is 20.6. The van der Waals surface area contributed by atoms with Crippen LogP contribution in [0.1, 0.15) is 35.3 Å². The highest BCUT2D eigenvalue weighted by molar-refractivity contribution is 7.09. The number of methoxy groups -OCH3 is 1. The average Bonchev–Trinajstić information content (AvgIpc) is 3.03. The summed E-state index contributed by atoms with van der Waals surface area (Å²) in [6, 6.07) is 7.06. The van der Waals surface area contributed by atoms with E-state index in [1.54, 1.807) is 30.6 Å². The molecule has 2 unspecified atom stereocenters. The van der Waals surface area contributed by atoms with Crippen molar-refractivity contribution in [2.24, 2.45) is 0 Å². The number of ether oxygens (including phenoxy) is 1. The Bertz CT molecular complexity index is 648. The summed E-state index contributed by atoms with van der Waals surface area (Å²) in [7, 11) is 1.70. The van der Waals surface area contributed by atoms with E-state index in [2.05, 4.69) is 20.6 Å². The van der Waals surface area contributed by atoms with E-state index in [1.807, 2.05) is 13.0 Å². The van der Waals surface area contributed by atoms with Gasteiger partial charge in [-0.15, -0.1) is 11.3 Å². The predicted molar refractivity (Wildman–Crippen MR) is 90.0 cm³/mol. The Morgan fingerprint density at radius 3 is 3.17 bits per heavy atom. The SMILES string of the molecule is COC(C)c1nc(CN2CCNCC2c2cccc(F)c2)cs1. The molecule has 0 saturated carbocycles. The number of benzene rings is 1. The molecule has 0 spiro atoms. The summed E-state index contributed by atoms with van der Waals surface area (Å²) < 4.78 is 18.9. The van der Waals surface area contributed by atoms with Crippen molar-refractivity contribution in [3.63, 3.8) is 0 Å². The Kier molecular flexibility index (Phi) is 5.38. The molecule has 1 saturated heterocycles. The first-order valence-corrected chi connectivity index (χ1v) is 8.72. The molecule has 23 heavy (non-hydrogen) atoms. The van der Waals surface area contributed by atoms with E-state index < -0.39 is 0 Å². The minimum Gasteiger partial charge on any atom is -0.375 e. The summed E-state index contributed by atoms with van der Waals surface area (Å²) in [4.78, 5) is 7.04. The number of hydrogen-bond acceptors (Lipinski definition) is 5. The third-order valence-electron chi connectivity index (χ3n) is 4.22. The Hall–Kier alpha value is -1.34. The van der Waals surface area contributed by atoms with Crippen LogP contribution in [0, 0.1) is 5.82 Å². The molecule has 3 rings (SSSR count). The lowest BCUT2D eigenvalue weighted by Gasteiger charge is -2.36. The first-order valence-electron chi connectivity index (χ1n) is 7.84. The molecule has 0 amide bonds. The molecule has 1 aromatic carbocycles. The first kappa shape index (κ1) is 16.5. The molecule has 2 aromatic rings. The fourth-order valence-electron chi connectivity index (χ4n) is 2.87. The van der Waals surface area contributed by atoms with E-state index in [1.165, 1.54) is 6.07 Å². The molecule has 0 radical (unpaired) electrons. The lowest BCUT2D eigenvalue weighted by molar-refractivity contribution is 0.118. The second kappa shape index (κ2) is 7.49. The summed E-state index contributed by atoms with van der Waals surface area (Å²) in [6.45, 7) is 5.47. The first-order chi connectivity index (χ1) is 11.2. The summed E-state index contributed by atoms with van der Waals surface area (Å²) in [6.07, 6.45) is 0.0239. The summed E-state index contributed by atoms with van der Waals surface area (Å²) >= 11 is 1.63. The van der Waals surface area contributed by atoms with Crippen LogP contribution in [0.4, 0.5) is 4.39 Å². The van der Waals surface area contributed by atoms with E-state index in [9.17, 15) is 4.39 Å². The van der Waals surface area contributed by atoms with Crippen LogP contribution in [0.3, 0.4) is 0 Å². The van der Waals surface area contributed by atoms with Gasteiger partial charge in [-0.1, -0.05) is 12.1 Å². The van der Waals surface area contributed by atoms with E-state index in [4.69, 9.17) is 4.74 Å². The highest BCUT2D eigenvalue weighted by Gasteiger charge is 2.25. The smallest absolute Gasteiger partial charge is 0.123 e. The van der Waals surface area contributed by atoms with Gasteiger partial charge in [0.15, 0.2) is 0 Å². The van der Waals surface area contributed by atoms with Gasteiger partial charge in [-0.2, -0.15) is 0 Å². The van der Waals surface area contributed by atoms with Crippen molar-refractivity contribution in [1.82, 2.24) is 15.2 Å². The maximum absolute atomic E-state index is 13.5. The standard InChI is InChI=1S/C17H22FN3OS/c1-12(22-2)17-20-15(11-23-17)10-21-7-6-19-9-16(21)13-4-3-5-14(18)8-13/h3-5,8,11-12,16,19H,6-7,9-10H2,1-2H3. The molecule has 6 heteroatoms. The van der Waals surface area contributed by atoms with Crippen molar-refractivity contribution in [2.75, 3.05) is 26.7 Å². The Morgan fingerprint density at radius 1 is 1.52 bits per heavy atom. The topological polar surface area (TPSA) is 37.4 Å². The van der Waals surface area contributed by atoms with Crippen LogP contribution in [-0.2, 0) is 11.3 Å². The maximum atomic E-state index is 13.5. The molecule has 1 aliphatic heterocycles. The number of nitrogens with zero attached hydrogens (tertiary/aromatic N) is 2. The summed E-state index contributed by atoms with van der Waals surface area (Å²) in [5, 5.41) is 6.49. The molecular formula is C17H22FN3OS. The van der Waals surface area contributed by atoms with Crippen LogP contribution in [0.25, 0.3) is 0 Å². The second-order valence-corrected chi connectivity index (χ2v) is 6.69. The molecule has 0 aliphatic carbocycles. The highest BCUT2D eigenvalue weighted by atomic mass is 32.1. The third-order valence-corrected chi connectivity index (χ3v) is 5.28. The van der Waals surface area contributed by atoms with Gasteiger partial charge in [0.05, 0.1) is 5.69 Å². The predicted octanol–water partition coefficient (Wildman–Crippen LogP) is 3.14. The minimum absolute atomic E-state index is 0.0239. The zero-order valence-corrected chi connectivity index (χ0v) is 14.3. The van der Waals surface area contributed by atoms with Crippen LogP contribution in [0.5, 0.6) is 0 Å². The Morgan fingerprint density at radius 2 is 2.39 bits per heavy atom. The van der Waals surface area contributed by atoms with Crippen molar-refractivity contribution < 1.29 is 9.13 Å². The van der Waals surface area contributed by atoms with E-state index in [0.29, 0.717) is 0 Å². The van der Waals surface area contributed by atoms with Gasteiger partial charge in [-0.3, -0.25) is 4.90 Å². The molecule has 4 nitrogen and oxygen atoms in total. The van der Waals surface area contributed by atoms with Crippen molar-refractivity contribution in [1.29, 1.82) is 0 Å². The molecule has 2 heterocycles. The second-order valence-electron chi connectivity index (χ2n) is 5.80. The highest BCUT2D eigenvalue weighted by Crippen LogP contribution is 2.26. The maximum Gasteiger partial charge on any atom is 0.123 e. The van der Waals surface area contributed by atoms with Crippen LogP contribution in [0.15, 0.2) is 29.6 Å². The minimum atomic E-state index is -0.183. The molecule has 1 N–H and O–H groups in total. The Labute approximate surface area is 140 Å². The van der Waals surface area contributed by atoms with Gasteiger partial charge in [-0.25, -0.2) is 9.37 Å². The zero-order chi connectivity index (χ0) is 16.2. The van der Waals surface area contributed by atoms with Gasteiger partial charge < -0.3 is 10.1 Å². The average molecular weight is 335 g/mol. The van der Waals surface area contributed by atoms with Gasteiger partial charge in [0.2, 0.25) is 0 Å². The van der Waals surface area contributed by atoms with E-state index >= 15 is 0 Å². The molecule has 124 valence electrons. The van der Waals surface area contributed by atoms with Gasteiger partial charge in [0, 0.05) is 44.7 Å². The van der Waals surface area contributed by atoms with E-state index in [0.717, 1.165) is 42.4 Å². The summed E-state index contributed by atoms with van der Waals surface area (Å²) in [5.74, 6) is -0.183. The van der Waals surface area contributed by atoms with Gasteiger partial charge in [0.25, 0.3) is 0 Å². The zero-order valence-electron chi connectivity index (χ0n) is 13.5. The number of rotatable bonds is 5. The molecule has 0 bridgehead atoms. The number of thiazole rings is 1. The van der Waals surface area contributed by atoms with Crippen LogP contribution < -0.4 is 5.32 Å². The fourth-order valence-corrected chi connectivity index (χ4v) is 3.71. The molecule has 2 atom stereocenters. The number of halogens is 1. The molecule has 1 fully saturated rings.